The molecule has 0 fully saturated rings. The lowest BCUT2D eigenvalue weighted by Gasteiger charge is -2.12. The molecule has 156 valence electrons. The summed E-state index contributed by atoms with van der Waals surface area (Å²) in [6.45, 7) is 0. The van der Waals surface area contributed by atoms with Crippen molar-refractivity contribution in [2.45, 2.75) is 0 Å². The van der Waals surface area contributed by atoms with Crippen molar-refractivity contribution in [2.75, 3.05) is 0 Å². The Kier molecular flexibility index (Phi) is 5.43. The summed E-state index contributed by atoms with van der Waals surface area (Å²) in [5.74, 6) is 0.507. The molecule has 4 aromatic carbocycles. The van der Waals surface area contributed by atoms with Crippen LogP contribution in [-0.4, -0.2) is 5.78 Å². The predicted octanol–water partition coefficient (Wildman–Crippen LogP) is 7.74. The van der Waals surface area contributed by atoms with Crippen molar-refractivity contribution < 1.29 is 9.53 Å². The highest BCUT2D eigenvalue weighted by atomic mass is 35.5. The van der Waals surface area contributed by atoms with Gasteiger partial charge in [0.2, 0.25) is 0 Å². The van der Waals surface area contributed by atoms with Crippen molar-refractivity contribution in [3.8, 4) is 11.5 Å². The second kappa shape index (κ2) is 8.40. The molecule has 0 spiro atoms. The highest BCUT2D eigenvalue weighted by molar-refractivity contribution is 7.24. The Morgan fingerprint density at radius 1 is 0.750 bits per heavy atom. The van der Waals surface area contributed by atoms with Crippen LogP contribution in [0.25, 0.3) is 20.2 Å². The average molecular weight is 477 g/mol. The smallest absolute Gasteiger partial charge is 0.199 e. The van der Waals surface area contributed by atoms with E-state index < -0.39 is 0 Å². The minimum Gasteiger partial charge on any atom is -0.456 e. The van der Waals surface area contributed by atoms with E-state index in [4.69, 9.17) is 27.9 Å². The number of fused-ring (bicyclic) bond motifs is 2. The van der Waals surface area contributed by atoms with Crippen LogP contribution in [0.4, 0.5) is 0 Å². The van der Waals surface area contributed by atoms with Crippen LogP contribution >= 0.6 is 34.5 Å². The maximum Gasteiger partial charge on any atom is 0.199 e. The van der Waals surface area contributed by atoms with E-state index in [1.54, 1.807) is 48.5 Å². The maximum absolute atomic E-state index is 13.4. The monoisotopic (exact) mass is 476 g/mol. The molecule has 0 aliphatic heterocycles. The number of hydrogen-bond donors (Lipinski definition) is 0. The van der Waals surface area contributed by atoms with Crippen LogP contribution in [0.15, 0.2) is 89.7 Å². The van der Waals surface area contributed by atoms with E-state index in [-0.39, 0.29) is 17.0 Å². The standard InChI is InChI=1S/C26H14Cl2O3S/c27-17-12-18(28)14-19(13-17)31-21-10-16(25(29)15-6-2-1-3-7-15)11-23-24(21)26(30)20-8-4-5-9-22(20)32-23/h1-14H. The van der Waals surface area contributed by atoms with Crippen LogP contribution in [0.2, 0.25) is 10.0 Å². The van der Waals surface area contributed by atoms with Crippen molar-refractivity contribution in [1.29, 1.82) is 0 Å². The van der Waals surface area contributed by atoms with Gasteiger partial charge in [0, 0.05) is 36.0 Å². The van der Waals surface area contributed by atoms with Gasteiger partial charge in [-0.25, -0.2) is 0 Å². The third-order valence-corrected chi connectivity index (χ3v) is 6.56. The van der Waals surface area contributed by atoms with Gasteiger partial charge in [-0.05, 0) is 42.5 Å². The highest BCUT2D eigenvalue weighted by Gasteiger charge is 2.18. The van der Waals surface area contributed by atoms with E-state index in [0.29, 0.717) is 42.4 Å². The quantitative estimate of drug-likeness (QED) is 0.196. The Bertz CT molecular complexity index is 1540. The summed E-state index contributed by atoms with van der Waals surface area (Å²) in [7, 11) is 0. The topological polar surface area (TPSA) is 43.4 Å². The number of carbonyl (C=O) groups is 1. The molecule has 32 heavy (non-hydrogen) atoms. The summed E-state index contributed by atoms with van der Waals surface area (Å²) in [5, 5.41) is 1.82. The van der Waals surface area contributed by atoms with Crippen LogP contribution in [0.3, 0.4) is 0 Å². The average Bonchev–Trinajstić information content (AvgIpc) is 2.78. The maximum atomic E-state index is 13.4. The summed E-state index contributed by atoms with van der Waals surface area (Å²) in [5.41, 5.74) is 0.825. The lowest BCUT2D eigenvalue weighted by Crippen LogP contribution is -2.06. The second-order valence-corrected chi connectivity index (χ2v) is 9.13. The number of ketones is 1. The number of halogens is 2. The summed E-state index contributed by atoms with van der Waals surface area (Å²) >= 11 is 13.7. The molecular weight excluding hydrogens is 463 g/mol. The minimum atomic E-state index is -0.158. The van der Waals surface area contributed by atoms with Crippen LogP contribution in [0.5, 0.6) is 11.5 Å². The van der Waals surface area contributed by atoms with Gasteiger partial charge in [0.25, 0.3) is 0 Å². The molecule has 0 aliphatic carbocycles. The third-order valence-electron chi connectivity index (χ3n) is 5.01. The zero-order valence-electron chi connectivity index (χ0n) is 16.5. The Morgan fingerprint density at radius 2 is 1.44 bits per heavy atom. The van der Waals surface area contributed by atoms with E-state index in [0.717, 1.165) is 4.70 Å². The fourth-order valence-electron chi connectivity index (χ4n) is 3.57. The number of carbonyl (C=O) groups excluding carboxylic acids is 1. The number of ether oxygens (including phenoxy) is 1. The molecule has 0 amide bonds. The van der Waals surface area contributed by atoms with Crippen LogP contribution in [0.1, 0.15) is 15.9 Å². The van der Waals surface area contributed by atoms with Gasteiger partial charge >= 0.3 is 0 Å². The fourth-order valence-corrected chi connectivity index (χ4v) is 5.21. The number of benzene rings is 4. The van der Waals surface area contributed by atoms with Crippen molar-refractivity contribution in [1.82, 2.24) is 0 Å². The first-order valence-corrected chi connectivity index (χ1v) is 11.3. The normalized spacial score (nSPS) is 11.1. The van der Waals surface area contributed by atoms with E-state index in [1.807, 2.05) is 36.4 Å². The predicted molar refractivity (Wildman–Crippen MR) is 132 cm³/mol. The van der Waals surface area contributed by atoms with Crippen LogP contribution < -0.4 is 10.2 Å². The first-order chi connectivity index (χ1) is 15.5. The Balaban J connectivity index is 1.77. The molecule has 0 unspecified atom stereocenters. The molecule has 3 nitrogen and oxygen atoms in total. The molecule has 0 aliphatic rings. The van der Waals surface area contributed by atoms with Crippen molar-refractivity contribution in [3.63, 3.8) is 0 Å². The van der Waals surface area contributed by atoms with Gasteiger partial charge in [-0.2, -0.15) is 0 Å². The number of hydrogen-bond acceptors (Lipinski definition) is 4. The molecule has 5 rings (SSSR count). The lowest BCUT2D eigenvalue weighted by molar-refractivity contribution is 0.103. The van der Waals surface area contributed by atoms with Gasteiger partial charge in [0.1, 0.15) is 11.5 Å². The summed E-state index contributed by atoms with van der Waals surface area (Å²) in [4.78, 5) is 26.6. The van der Waals surface area contributed by atoms with Gasteiger partial charge in [-0.1, -0.05) is 65.7 Å². The fraction of sp³-hybridized carbons (Fsp3) is 0. The molecule has 1 aromatic heterocycles. The SMILES string of the molecule is O=C(c1ccccc1)c1cc(Oc2cc(Cl)cc(Cl)c2)c2c(=O)c3ccccc3sc2c1. The molecule has 5 aromatic rings. The Hall–Kier alpha value is -3.18. The van der Waals surface area contributed by atoms with Crippen molar-refractivity contribution in [3.05, 3.63) is 116 Å². The first kappa shape index (κ1) is 20.7. The molecule has 1 heterocycles. The van der Waals surface area contributed by atoms with Crippen LogP contribution in [-0.2, 0) is 0 Å². The lowest BCUT2D eigenvalue weighted by atomic mass is 10.0. The summed E-state index contributed by atoms with van der Waals surface area (Å²) in [6, 6.07) is 24.6. The van der Waals surface area contributed by atoms with Crippen molar-refractivity contribution in [2.24, 2.45) is 0 Å². The van der Waals surface area contributed by atoms with E-state index >= 15 is 0 Å². The summed E-state index contributed by atoms with van der Waals surface area (Å²) < 4.78 is 7.60. The third kappa shape index (κ3) is 3.89. The van der Waals surface area contributed by atoms with Gasteiger partial charge in [0.05, 0.1) is 5.39 Å². The Labute approximate surface area is 197 Å². The Morgan fingerprint density at radius 3 is 2.19 bits per heavy atom. The first-order valence-electron chi connectivity index (χ1n) is 9.73. The second-order valence-electron chi connectivity index (χ2n) is 7.18. The molecule has 0 radical (unpaired) electrons. The van der Waals surface area contributed by atoms with E-state index in [2.05, 4.69) is 0 Å². The highest BCUT2D eigenvalue weighted by Crippen LogP contribution is 2.36. The number of rotatable bonds is 4. The molecular formula is C26H14Cl2O3S. The van der Waals surface area contributed by atoms with E-state index in [1.165, 1.54) is 11.3 Å². The van der Waals surface area contributed by atoms with Gasteiger partial charge in [0.15, 0.2) is 11.2 Å². The largest absolute Gasteiger partial charge is 0.456 e. The van der Waals surface area contributed by atoms with Crippen molar-refractivity contribution >= 4 is 60.5 Å². The van der Waals surface area contributed by atoms with Gasteiger partial charge in [-0.15, -0.1) is 11.3 Å². The van der Waals surface area contributed by atoms with Gasteiger partial charge in [-0.3, -0.25) is 9.59 Å². The molecule has 0 atom stereocenters. The molecule has 0 bridgehead atoms. The molecule has 0 saturated heterocycles. The van der Waals surface area contributed by atoms with Crippen LogP contribution in [0, 0.1) is 0 Å². The molecule has 0 N–H and O–H groups in total. The molecule has 0 saturated carbocycles. The zero-order chi connectivity index (χ0) is 22.2. The molecule has 6 heteroatoms. The van der Waals surface area contributed by atoms with E-state index in [9.17, 15) is 9.59 Å². The summed E-state index contributed by atoms with van der Waals surface area (Å²) in [6.07, 6.45) is 0. The minimum absolute atomic E-state index is 0.156. The van der Waals surface area contributed by atoms with Gasteiger partial charge < -0.3 is 4.74 Å². The zero-order valence-corrected chi connectivity index (χ0v) is 18.8.